The highest BCUT2D eigenvalue weighted by Gasteiger charge is 2.22. The first kappa shape index (κ1) is 25.1. The van der Waals surface area contributed by atoms with Crippen LogP contribution in [0.2, 0.25) is 0 Å². The summed E-state index contributed by atoms with van der Waals surface area (Å²) in [4.78, 5) is 14.8. The second-order valence-corrected chi connectivity index (χ2v) is 8.98. The monoisotopic (exact) mass is 483 g/mol. The van der Waals surface area contributed by atoms with Crippen LogP contribution in [0.1, 0.15) is 80.8 Å². The van der Waals surface area contributed by atoms with E-state index in [0.29, 0.717) is 37.0 Å². The molecule has 170 valence electrons. The lowest BCUT2D eigenvalue weighted by Gasteiger charge is -2.29. The van der Waals surface area contributed by atoms with E-state index < -0.39 is 0 Å². The van der Waals surface area contributed by atoms with E-state index in [0.717, 1.165) is 29.4 Å². The zero-order valence-corrected chi connectivity index (χ0v) is 20.0. The Hall–Kier alpha value is -1.15. The Morgan fingerprint density at radius 1 is 1.27 bits per heavy atom. The molecular formula is C23H38BrN3O3. The van der Waals surface area contributed by atoms with E-state index in [4.69, 9.17) is 15.6 Å². The number of carbonyl (C=O) groups excluding carboxylic acids is 1. The predicted molar refractivity (Wildman–Crippen MR) is 126 cm³/mol. The van der Waals surface area contributed by atoms with Gasteiger partial charge in [0, 0.05) is 29.6 Å². The molecule has 1 unspecified atom stereocenters. The summed E-state index contributed by atoms with van der Waals surface area (Å²) in [6.07, 6.45) is 8.14. The summed E-state index contributed by atoms with van der Waals surface area (Å²) in [5.41, 5.74) is 8.52. The van der Waals surface area contributed by atoms with Crippen molar-refractivity contribution in [2.75, 3.05) is 38.6 Å². The maximum Gasteiger partial charge on any atom is 0.338 e. The molecule has 0 spiro atoms. The van der Waals surface area contributed by atoms with E-state index in [2.05, 4.69) is 40.0 Å². The van der Waals surface area contributed by atoms with Crippen LogP contribution in [0.3, 0.4) is 0 Å². The van der Waals surface area contributed by atoms with Crippen LogP contribution in [-0.2, 0) is 4.74 Å². The fourth-order valence-corrected chi connectivity index (χ4v) is 4.65. The third-order valence-corrected chi connectivity index (χ3v) is 6.48. The minimum atomic E-state index is -0.343. The molecule has 4 N–H and O–H groups in total. The second kappa shape index (κ2) is 13.3. The molecule has 1 aromatic carbocycles. The molecule has 0 aliphatic heterocycles. The van der Waals surface area contributed by atoms with Crippen LogP contribution in [0, 0.1) is 0 Å². The summed E-state index contributed by atoms with van der Waals surface area (Å²) < 4.78 is 6.25. The number of benzene rings is 1. The Bertz CT molecular complexity index is 659. The smallest absolute Gasteiger partial charge is 0.338 e. The number of aliphatic hydroxyl groups is 1. The zero-order chi connectivity index (χ0) is 21.9. The van der Waals surface area contributed by atoms with Gasteiger partial charge in [-0.3, -0.25) is 4.90 Å². The van der Waals surface area contributed by atoms with Gasteiger partial charge in [-0.2, -0.15) is 0 Å². The quantitative estimate of drug-likeness (QED) is 0.304. The molecule has 1 atom stereocenters. The fourth-order valence-electron chi connectivity index (χ4n) is 4.17. The molecule has 1 fully saturated rings. The van der Waals surface area contributed by atoms with E-state index >= 15 is 0 Å². The molecule has 0 radical (unpaired) electrons. The van der Waals surface area contributed by atoms with Crippen molar-refractivity contribution in [3.05, 3.63) is 27.7 Å². The minimum absolute atomic E-state index is 0.106. The summed E-state index contributed by atoms with van der Waals surface area (Å²) in [6.45, 7) is 6.72. The Morgan fingerprint density at radius 2 is 2.00 bits per heavy atom. The number of aliphatic hydroxyl groups excluding tert-OH is 1. The third-order valence-electron chi connectivity index (χ3n) is 5.82. The van der Waals surface area contributed by atoms with Crippen LogP contribution in [0.5, 0.6) is 0 Å². The van der Waals surface area contributed by atoms with Crippen LogP contribution < -0.4 is 11.1 Å². The first-order chi connectivity index (χ1) is 14.5. The van der Waals surface area contributed by atoms with Gasteiger partial charge in [0.05, 0.1) is 17.9 Å². The predicted octanol–water partition coefficient (Wildman–Crippen LogP) is 4.27. The molecule has 30 heavy (non-hydrogen) atoms. The van der Waals surface area contributed by atoms with Crippen LogP contribution >= 0.6 is 15.9 Å². The number of esters is 1. The van der Waals surface area contributed by atoms with Gasteiger partial charge < -0.3 is 20.9 Å². The summed E-state index contributed by atoms with van der Waals surface area (Å²) in [6, 6.07) is 4.24. The molecule has 0 bridgehead atoms. The maximum absolute atomic E-state index is 12.7. The number of carbonyl (C=O) groups is 1. The van der Waals surface area contributed by atoms with Crippen molar-refractivity contribution < 1.29 is 14.6 Å². The Morgan fingerprint density at radius 3 is 2.63 bits per heavy atom. The van der Waals surface area contributed by atoms with Crippen molar-refractivity contribution in [2.24, 2.45) is 0 Å². The van der Waals surface area contributed by atoms with Crippen molar-refractivity contribution in [3.8, 4) is 0 Å². The number of hydrogen-bond acceptors (Lipinski definition) is 6. The summed E-state index contributed by atoms with van der Waals surface area (Å²) >= 11 is 3.52. The number of nitrogen functional groups attached to an aromatic ring is 1. The van der Waals surface area contributed by atoms with Gasteiger partial charge in [-0.05, 0) is 65.9 Å². The van der Waals surface area contributed by atoms with Gasteiger partial charge in [-0.25, -0.2) is 4.79 Å². The normalized spacial score (nSPS) is 16.0. The Balaban J connectivity index is 2.05. The number of hydrogen-bond donors (Lipinski definition) is 3. The number of nitrogens with one attached hydrogen (secondary N) is 1. The van der Waals surface area contributed by atoms with Gasteiger partial charge in [0.1, 0.15) is 6.61 Å². The van der Waals surface area contributed by atoms with E-state index in [-0.39, 0.29) is 18.6 Å². The number of nitrogens with zero attached hydrogens (tertiary/aromatic N) is 1. The molecule has 0 amide bonds. The topological polar surface area (TPSA) is 87.8 Å². The first-order valence-corrected chi connectivity index (χ1v) is 12.1. The number of rotatable bonds is 12. The van der Waals surface area contributed by atoms with E-state index in [1.165, 1.54) is 32.1 Å². The highest BCUT2D eigenvalue weighted by molar-refractivity contribution is 9.10. The summed E-state index contributed by atoms with van der Waals surface area (Å²) in [7, 11) is 0. The molecule has 0 aromatic heterocycles. The fraction of sp³-hybridized carbons (Fsp3) is 0.696. The van der Waals surface area contributed by atoms with E-state index in [9.17, 15) is 4.79 Å². The molecular weight excluding hydrogens is 446 g/mol. The maximum atomic E-state index is 12.7. The van der Waals surface area contributed by atoms with Crippen molar-refractivity contribution in [3.63, 3.8) is 0 Å². The number of anilines is 1. The average Bonchev–Trinajstić information content (AvgIpc) is 2.75. The van der Waals surface area contributed by atoms with Crippen LogP contribution in [0.4, 0.5) is 5.69 Å². The van der Waals surface area contributed by atoms with E-state index in [1.54, 1.807) is 6.07 Å². The molecule has 2 rings (SSSR count). The van der Waals surface area contributed by atoms with Crippen LogP contribution in [-0.4, -0.2) is 54.9 Å². The number of ether oxygens (including phenoxy) is 1. The molecule has 0 heterocycles. The van der Waals surface area contributed by atoms with Gasteiger partial charge in [-0.1, -0.05) is 33.1 Å². The van der Waals surface area contributed by atoms with Crippen molar-refractivity contribution in [1.82, 2.24) is 10.2 Å². The number of nitrogens with two attached hydrogens (primary N) is 1. The highest BCUT2D eigenvalue weighted by Crippen LogP contribution is 2.33. The molecule has 1 aliphatic carbocycles. The summed E-state index contributed by atoms with van der Waals surface area (Å²) in [5.74, 6) is -0.343. The molecule has 1 aromatic rings. The standard InChI is InChI=1S/C23H38BrN3O3/c1-3-10-27(11-13-28)12-14-30-23(29)17-15-19(22(25)20(24)16-17)21(4-2)26-18-8-6-5-7-9-18/h15-16,18,21,26,28H,3-14,25H2,1-2H3. The van der Waals surface area contributed by atoms with Gasteiger partial charge in [-0.15, -0.1) is 0 Å². The lowest BCUT2D eigenvalue weighted by Crippen LogP contribution is -2.34. The number of halogens is 1. The lowest BCUT2D eigenvalue weighted by atomic mass is 9.92. The van der Waals surface area contributed by atoms with Crippen LogP contribution in [0.25, 0.3) is 0 Å². The summed E-state index contributed by atoms with van der Waals surface area (Å²) in [5, 5.41) is 12.9. The Labute approximate surface area is 189 Å². The van der Waals surface area contributed by atoms with Crippen molar-refractivity contribution >= 4 is 27.6 Å². The average molecular weight is 484 g/mol. The van der Waals surface area contributed by atoms with Gasteiger partial charge in [0.15, 0.2) is 0 Å². The van der Waals surface area contributed by atoms with Crippen molar-refractivity contribution in [1.29, 1.82) is 0 Å². The zero-order valence-electron chi connectivity index (χ0n) is 18.5. The van der Waals surface area contributed by atoms with Crippen molar-refractivity contribution in [2.45, 2.75) is 70.9 Å². The minimum Gasteiger partial charge on any atom is -0.461 e. The second-order valence-electron chi connectivity index (χ2n) is 8.12. The first-order valence-electron chi connectivity index (χ1n) is 11.3. The third kappa shape index (κ3) is 7.52. The van der Waals surface area contributed by atoms with Gasteiger partial charge >= 0.3 is 5.97 Å². The molecule has 6 nitrogen and oxygen atoms in total. The molecule has 7 heteroatoms. The molecule has 0 saturated heterocycles. The Kier molecular flexibility index (Phi) is 11.1. The largest absolute Gasteiger partial charge is 0.461 e. The van der Waals surface area contributed by atoms with Gasteiger partial charge in [0.25, 0.3) is 0 Å². The van der Waals surface area contributed by atoms with Gasteiger partial charge in [0.2, 0.25) is 0 Å². The molecule has 1 aliphatic rings. The molecule has 1 saturated carbocycles. The lowest BCUT2D eigenvalue weighted by molar-refractivity contribution is 0.0453. The van der Waals surface area contributed by atoms with E-state index in [1.807, 2.05) is 6.07 Å². The van der Waals surface area contributed by atoms with Crippen LogP contribution in [0.15, 0.2) is 16.6 Å². The SMILES string of the molecule is CCCN(CCO)CCOC(=O)c1cc(Br)c(N)c(C(CC)NC2CCCCC2)c1. The highest BCUT2D eigenvalue weighted by atomic mass is 79.9.